The molecule has 1 aromatic carbocycles. The molecule has 2 aromatic rings. The van der Waals surface area contributed by atoms with Gasteiger partial charge in [0.25, 0.3) is 0 Å². The van der Waals surface area contributed by atoms with Crippen LogP contribution in [0.5, 0.6) is 0 Å². The summed E-state index contributed by atoms with van der Waals surface area (Å²) in [6.07, 6.45) is 5.09. The Hall–Kier alpha value is -2.07. The predicted molar refractivity (Wildman–Crippen MR) is 90.4 cm³/mol. The van der Waals surface area contributed by atoms with Crippen LogP contribution in [0.4, 0.5) is 5.69 Å². The second kappa shape index (κ2) is 6.79. The van der Waals surface area contributed by atoms with Crippen LogP contribution in [0, 0.1) is 0 Å². The average molecular weight is 316 g/mol. The third-order valence-corrected chi connectivity index (χ3v) is 4.09. The van der Waals surface area contributed by atoms with Crippen molar-refractivity contribution in [3.8, 4) is 0 Å². The fourth-order valence-electron chi connectivity index (χ4n) is 2.78. The van der Waals surface area contributed by atoms with Crippen molar-refractivity contribution < 1.29 is 4.79 Å². The fourth-order valence-corrected chi connectivity index (χ4v) is 2.86. The number of rotatable bonds is 3. The van der Waals surface area contributed by atoms with Crippen LogP contribution < -0.4 is 4.90 Å². The molecule has 3 rings (SSSR count). The first kappa shape index (κ1) is 14.9. The zero-order valence-corrected chi connectivity index (χ0v) is 13.0. The lowest BCUT2D eigenvalue weighted by Crippen LogP contribution is -2.48. The Morgan fingerprint density at radius 2 is 1.95 bits per heavy atom. The largest absolute Gasteiger partial charge is 0.367 e. The highest BCUT2D eigenvalue weighted by Crippen LogP contribution is 2.25. The van der Waals surface area contributed by atoms with Crippen molar-refractivity contribution in [1.29, 1.82) is 0 Å². The predicted octanol–water partition coefficient (Wildman–Crippen LogP) is 2.68. The minimum atomic E-state index is 0.0416. The first-order valence-electron chi connectivity index (χ1n) is 7.39. The van der Waals surface area contributed by atoms with E-state index < -0.39 is 0 Å². The van der Waals surface area contributed by atoms with Gasteiger partial charge in [-0.25, -0.2) is 0 Å². The van der Waals surface area contributed by atoms with Crippen molar-refractivity contribution in [2.75, 3.05) is 37.0 Å². The Balaban J connectivity index is 1.73. The first-order valence-corrected chi connectivity index (χ1v) is 7.93. The van der Waals surface area contributed by atoms with Gasteiger partial charge in [0.15, 0.2) is 0 Å². The number of hydrogen-bond donors (Lipinski definition) is 0. The normalized spacial score (nSPS) is 15.7. The Labute approximate surface area is 135 Å². The fraction of sp³-hybridized carbons (Fsp3) is 0.294. The summed E-state index contributed by atoms with van der Waals surface area (Å²) in [5.74, 6) is 0.411. The minimum Gasteiger partial charge on any atom is -0.367 e. The van der Waals surface area contributed by atoms with Crippen molar-refractivity contribution in [1.82, 2.24) is 9.88 Å². The van der Waals surface area contributed by atoms with E-state index in [-0.39, 0.29) is 5.91 Å². The molecule has 5 heteroatoms. The molecule has 114 valence electrons. The Morgan fingerprint density at radius 1 is 1.18 bits per heavy atom. The molecule has 0 bridgehead atoms. The van der Waals surface area contributed by atoms with Gasteiger partial charge in [0.05, 0.1) is 5.52 Å². The summed E-state index contributed by atoms with van der Waals surface area (Å²) in [6, 6.07) is 10.2. The van der Waals surface area contributed by atoms with E-state index in [1.54, 1.807) is 12.2 Å². The number of carbonyl (C=O) groups excluding carboxylic acids is 1. The molecule has 1 amide bonds. The highest BCUT2D eigenvalue weighted by molar-refractivity contribution is 6.19. The van der Waals surface area contributed by atoms with E-state index in [4.69, 9.17) is 11.6 Å². The van der Waals surface area contributed by atoms with Gasteiger partial charge in [0.2, 0.25) is 5.91 Å². The van der Waals surface area contributed by atoms with Crippen molar-refractivity contribution in [3.05, 3.63) is 48.7 Å². The Kier molecular flexibility index (Phi) is 4.59. The maximum atomic E-state index is 12.0. The third-order valence-electron chi connectivity index (χ3n) is 3.91. The Morgan fingerprint density at radius 3 is 2.73 bits per heavy atom. The number of allylic oxidation sites excluding steroid dienone is 1. The zero-order chi connectivity index (χ0) is 15.4. The molecule has 0 radical (unpaired) electrons. The summed E-state index contributed by atoms with van der Waals surface area (Å²) in [7, 11) is 0. The lowest BCUT2D eigenvalue weighted by molar-refractivity contribution is -0.126. The highest BCUT2D eigenvalue weighted by Gasteiger charge is 2.20. The molecule has 0 N–H and O–H groups in total. The molecule has 1 saturated heterocycles. The van der Waals surface area contributed by atoms with Gasteiger partial charge >= 0.3 is 0 Å². The molecular weight excluding hydrogens is 298 g/mol. The number of piperazine rings is 1. The molecule has 22 heavy (non-hydrogen) atoms. The van der Waals surface area contributed by atoms with Gasteiger partial charge in [-0.2, -0.15) is 0 Å². The van der Waals surface area contributed by atoms with E-state index in [0.717, 1.165) is 37.1 Å². The van der Waals surface area contributed by atoms with Crippen LogP contribution in [-0.4, -0.2) is 47.9 Å². The average Bonchev–Trinajstić information content (AvgIpc) is 2.59. The summed E-state index contributed by atoms with van der Waals surface area (Å²) >= 11 is 5.57. The number of fused-ring (bicyclic) bond motifs is 1. The highest BCUT2D eigenvalue weighted by atomic mass is 35.5. The van der Waals surface area contributed by atoms with Crippen LogP contribution in [0.25, 0.3) is 10.9 Å². The number of carbonyl (C=O) groups is 1. The molecule has 1 aromatic heterocycles. The van der Waals surface area contributed by atoms with E-state index in [2.05, 4.69) is 16.0 Å². The second-order valence-electron chi connectivity index (χ2n) is 5.22. The third kappa shape index (κ3) is 3.07. The van der Waals surface area contributed by atoms with Crippen LogP contribution in [-0.2, 0) is 4.79 Å². The molecule has 0 unspecified atom stereocenters. The molecule has 1 aliphatic heterocycles. The number of amides is 1. The summed E-state index contributed by atoms with van der Waals surface area (Å²) in [6.45, 7) is 3.10. The number of aromatic nitrogens is 1. The first-order chi connectivity index (χ1) is 10.8. The monoisotopic (exact) mass is 315 g/mol. The summed E-state index contributed by atoms with van der Waals surface area (Å²) in [5, 5.41) is 1.16. The number of halogens is 1. The molecule has 1 fully saturated rings. The standard InChI is InChI=1S/C17H18ClN3O/c18-8-3-6-17(22)21-12-10-20(11-13-21)16-7-9-19-15-5-2-1-4-14(15)16/h1-7,9H,8,10-13H2. The van der Waals surface area contributed by atoms with Crippen LogP contribution in [0.2, 0.25) is 0 Å². The van der Waals surface area contributed by atoms with E-state index in [1.165, 1.54) is 5.69 Å². The molecule has 1 aliphatic rings. The molecule has 0 atom stereocenters. The van der Waals surface area contributed by atoms with E-state index in [0.29, 0.717) is 5.88 Å². The summed E-state index contributed by atoms with van der Waals surface area (Å²) < 4.78 is 0. The van der Waals surface area contributed by atoms with E-state index in [9.17, 15) is 4.79 Å². The smallest absolute Gasteiger partial charge is 0.246 e. The van der Waals surface area contributed by atoms with Gasteiger partial charge in [0, 0.05) is 55.4 Å². The number of hydrogen-bond acceptors (Lipinski definition) is 3. The second-order valence-corrected chi connectivity index (χ2v) is 5.52. The molecule has 2 heterocycles. The van der Waals surface area contributed by atoms with Crippen molar-refractivity contribution in [3.63, 3.8) is 0 Å². The van der Waals surface area contributed by atoms with Crippen LogP contribution in [0.3, 0.4) is 0 Å². The Bertz CT molecular complexity index is 688. The lowest BCUT2D eigenvalue weighted by Gasteiger charge is -2.36. The van der Waals surface area contributed by atoms with Crippen molar-refractivity contribution >= 4 is 34.1 Å². The number of anilines is 1. The quantitative estimate of drug-likeness (QED) is 0.645. The topological polar surface area (TPSA) is 36.4 Å². The van der Waals surface area contributed by atoms with Crippen LogP contribution in [0.15, 0.2) is 48.7 Å². The van der Waals surface area contributed by atoms with Gasteiger partial charge in [-0.3, -0.25) is 9.78 Å². The molecule has 4 nitrogen and oxygen atoms in total. The SMILES string of the molecule is O=C(C=CCCl)N1CCN(c2ccnc3ccccc23)CC1. The number of alkyl halides is 1. The summed E-state index contributed by atoms with van der Waals surface area (Å²) in [4.78, 5) is 20.5. The molecule has 0 saturated carbocycles. The minimum absolute atomic E-state index is 0.0416. The van der Waals surface area contributed by atoms with Crippen LogP contribution in [0.1, 0.15) is 0 Å². The number of nitrogens with zero attached hydrogens (tertiary/aromatic N) is 3. The summed E-state index contributed by atoms with van der Waals surface area (Å²) in [5.41, 5.74) is 2.19. The number of benzene rings is 1. The van der Waals surface area contributed by atoms with E-state index >= 15 is 0 Å². The van der Waals surface area contributed by atoms with Crippen LogP contribution >= 0.6 is 11.6 Å². The number of pyridine rings is 1. The van der Waals surface area contributed by atoms with Gasteiger partial charge in [0.1, 0.15) is 0 Å². The maximum absolute atomic E-state index is 12.0. The molecule has 0 aliphatic carbocycles. The van der Waals surface area contributed by atoms with E-state index in [1.807, 2.05) is 35.4 Å². The van der Waals surface area contributed by atoms with Gasteiger partial charge in [-0.05, 0) is 12.1 Å². The zero-order valence-electron chi connectivity index (χ0n) is 12.3. The maximum Gasteiger partial charge on any atom is 0.246 e. The molecular formula is C17H18ClN3O. The molecule has 0 spiro atoms. The van der Waals surface area contributed by atoms with Gasteiger partial charge in [-0.1, -0.05) is 24.3 Å². The van der Waals surface area contributed by atoms with Crippen molar-refractivity contribution in [2.24, 2.45) is 0 Å². The van der Waals surface area contributed by atoms with Gasteiger partial charge in [-0.15, -0.1) is 11.6 Å². The number of para-hydroxylation sites is 1. The van der Waals surface area contributed by atoms with Gasteiger partial charge < -0.3 is 9.80 Å². The van der Waals surface area contributed by atoms with Crippen molar-refractivity contribution in [2.45, 2.75) is 0 Å². The lowest BCUT2D eigenvalue weighted by atomic mass is 10.1.